The number of pyridine rings is 1. The number of fused-ring (bicyclic) bond motifs is 1. The lowest BCUT2D eigenvalue weighted by Crippen LogP contribution is -2.11. The van der Waals surface area contributed by atoms with E-state index in [1.54, 1.807) is 6.07 Å². The number of phenolic OH excluding ortho intramolecular Hbond substituents is 1. The van der Waals surface area contributed by atoms with E-state index >= 15 is 0 Å². The Morgan fingerprint density at radius 2 is 1.24 bits per heavy atom. The van der Waals surface area contributed by atoms with Gasteiger partial charge in [-0.3, -0.25) is 4.98 Å². The molecule has 0 saturated carbocycles. The zero-order valence-electron chi connectivity index (χ0n) is 26.0. The molecule has 0 aliphatic heterocycles. The van der Waals surface area contributed by atoms with Crippen molar-refractivity contribution in [2.75, 3.05) is 0 Å². The molecule has 0 aliphatic carbocycles. The van der Waals surface area contributed by atoms with Crippen molar-refractivity contribution in [3.63, 3.8) is 0 Å². The van der Waals surface area contributed by atoms with Crippen molar-refractivity contribution >= 4 is 11.0 Å². The lowest BCUT2D eigenvalue weighted by Gasteiger charge is -2.20. The van der Waals surface area contributed by atoms with Crippen molar-refractivity contribution in [1.82, 2.24) is 14.5 Å². The minimum Gasteiger partial charge on any atom is -0.507 e. The average Bonchev–Trinajstić information content (AvgIpc) is 3.41. The zero-order chi connectivity index (χ0) is 31.1. The zero-order valence-corrected chi connectivity index (χ0v) is 26.0. The molecule has 220 valence electrons. The van der Waals surface area contributed by atoms with E-state index in [9.17, 15) is 5.11 Å². The van der Waals surface area contributed by atoms with Crippen LogP contribution in [0.15, 0.2) is 134 Å². The van der Waals surface area contributed by atoms with Crippen molar-refractivity contribution in [2.45, 2.75) is 26.2 Å². The number of aromatic nitrogens is 3. The maximum absolute atomic E-state index is 10.9. The third kappa shape index (κ3) is 5.40. The number of phenols is 1. The number of hydrogen-bond acceptors (Lipinski definition) is 3. The Balaban J connectivity index is 1.25. The fourth-order valence-corrected chi connectivity index (χ4v) is 5.97. The maximum atomic E-state index is 10.9. The van der Waals surface area contributed by atoms with E-state index in [2.05, 4.69) is 135 Å². The van der Waals surface area contributed by atoms with Gasteiger partial charge in [0.15, 0.2) is 0 Å². The van der Waals surface area contributed by atoms with Crippen molar-refractivity contribution in [3.8, 4) is 61.8 Å². The Morgan fingerprint density at radius 3 is 2.00 bits per heavy atom. The molecule has 0 atom stereocenters. The number of rotatable bonds is 5. The van der Waals surface area contributed by atoms with E-state index in [1.165, 1.54) is 11.1 Å². The van der Waals surface area contributed by atoms with Crippen LogP contribution in [0.3, 0.4) is 0 Å². The molecular formula is C41H35N3O. The predicted octanol–water partition coefficient (Wildman–Crippen LogP) is 10.3. The van der Waals surface area contributed by atoms with E-state index < -0.39 is 0 Å². The molecule has 0 unspecified atom stereocenters. The Morgan fingerprint density at radius 1 is 0.578 bits per heavy atom. The highest BCUT2D eigenvalue weighted by molar-refractivity contribution is 5.95. The average molecular weight is 586 g/mol. The van der Waals surface area contributed by atoms with Crippen LogP contribution < -0.4 is 0 Å². The number of benzene rings is 5. The molecule has 7 rings (SSSR count). The quantitative estimate of drug-likeness (QED) is 0.219. The van der Waals surface area contributed by atoms with Gasteiger partial charge >= 0.3 is 0 Å². The van der Waals surface area contributed by atoms with Crippen molar-refractivity contribution in [3.05, 3.63) is 139 Å². The summed E-state index contributed by atoms with van der Waals surface area (Å²) < 4.78 is 2.07. The minimum absolute atomic E-state index is 0.0460. The molecule has 0 saturated heterocycles. The van der Waals surface area contributed by atoms with Crippen LogP contribution in [0.1, 0.15) is 26.3 Å². The fourth-order valence-electron chi connectivity index (χ4n) is 5.97. The van der Waals surface area contributed by atoms with Crippen molar-refractivity contribution < 1.29 is 5.11 Å². The topological polar surface area (TPSA) is 50.9 Å². The molecule has 0 aliphatic rings. The molecule has 0 amide bonds. The lowest BCUT2D eigenvalue weighted by molar-refractivity contribution is 0.475. The van der Waals surface area contributed by atoms with Gasteiger partial charge in [0.05, 0.1) is 22.3 Å². The summed E-state index contributed by atoms with van der Waals surface area (Å²) in [6, 6.07) is 43.9. The standard InChI is InChI=1S/C41H35N3O/c1-41(2,3)33-20-21-38(45)35(26-33)40-43-39-34(14-9-15-37(39)44(40)4)31-12-8-13-32(24-31)36-25-30(22-23-42-36)29-18-16-28(17-19-29)27-10-6-5-7-11-27/h5-26,45H,1-4H3. The Bertz CT molecular complexity index is 2150. The van der Waals surface area contributed by atoms with Gasteiger partial charge < -0.3 is 9.67 Å². The molecule has 45 heavy (non-hydrogen) atoms. The molecule has 4 nitrogen and oxygen atoms in total. The Hall–Kier alpha value is -5.48. The van der Waals surface area contributed by atoms with Crippen molar-refractivity contribution in [2.24, 2.45) is 7.05 Å². The summed E-state index contributed by atoms with van der Waals surface area (Å²) in [7, 11) is 2.01. The van der Waals surface area contributed by atoms with E-state index in [4.69, 9.17) is 9.97 Å². The first kappa shape index (κ1) is 28.3. The third-order valence-corrected chi connectivity index (χ3v) is 8.57. The second-order valence-corrected chi connectivity index (χ2v) is 12.6. The third-order valence-electron chi connectivity index (χ3n) is 8.57. The summed E-state index contributed by atoms with van der Waals surface area (Å²) >= 11 is 0. The van der Waals surface area contributed by atoms with Gasteiger partial charge in [0.2, 0.25) is 0 Å². The fraction of sp³-hybridized carbons (Fsp3) is 0.122. The number of hydrogen-bond donors (Lipinski definition) is 1. The number of aryl methyl sites for hydroxylation is 1. The van der Waals surface area contributed by atoms with Crippen LogP contribution in [-0.2, 0) is 12.5 Å². The molecule has 0 bridgehead atoms. The van der Waals surface area contributed by atoms with E-state index in [0.717, 1.165) is 61.5 Å². The summed E-state index contributed by atoms with van der Waals surface area (Å²) in [5.41, 5.74) is 12.5. The van der Waals surface area contributed by atoms with Crippen LogP contribution in [0, 0.1) is 0 Å². The summed E-state index contributed by atoms with van der Waals surface area (Å²) in [6.07, 6.45) is 1.88. The highest BCUT2D eigenvalue weighted by Crippen LogP contribution is 2.38. The molecule has 2 aromatic heterocycles. The summed E-state index contributed by atoms with van der Waals surface area (Å²) in [5, 5.41) is 10.9. The van der Waals surface area contributed by atoms with Gasteiger partial charge in [-0.25, -0.2) is 4.98 Å². The van der Waals surface area contributed by atoms with Gasteiger partial charge in [-0.15, -0.1) is 0 Å². The first-order valence-electron chi connectivity index (χ1n) is 15.3. The second-order valence-electron chi connectivity index (χ2n) is 12.6. The van der Waals surface area contributed by atoms with E-state index in [1.807, 2.05) is 25.4 Å². The molecular weight excluding hydrogens is 550 g/mol. The number of aromatic hydroxyl groups is 1. The summed E-state index contributed by atoms with van der Waals surface area (Å²) in [5.74, 6) is 0.968. The maximum Gasteiger partial charge on any atom is 0.144 e. The molecule has 4 heteroatoms. The normalized spacial score (nSPS) is 11.6. The van der Waals surface area contributed by atoms with Crippen LogP contribution in [0.25, 0.3) is 67.1 Å². The summed E-state index contributed by atoms with van der Waals surface area (Å²) in [6.45, 7) is 6.53. The van der Waals surface area contributed by atoms with Crippen molar-refractivity contribution in [1.29, 1.82) is 0 Å². The van der Waals surface area contributed by atoms with Crippen LogP contribution in [0.4, 0.5) is 0 Å². The number of para-hydroxylation sites is 1. The highest BCUT2D eigenvalue weighted by Gasteiger charge is 2.20. The van der Waals surface area contributed by atoms with Crippen LogP contribution in [0.2, 0.25) is 0 Å². The number of nitrogens with zero attached hydrogens (tertiary/aromatic N) is 3. The van der Waals surface area contributed by atoms with Gasteiger partial charge in [-0.1, -0.05) is 112 Å². The molecule has 7 aromatic rings. The van der Waals surface area contributed by atoms with E-state index in [0.29, 0.717) is 0 Å². The molecule has 0 spiro atoms. The number of imidazole rings is 1. The predicted molar refractivity (Wildman–Crippen MR) is 186 cm³/mol. The van der Waals surface area contributed by atoms with Crippen LogP contribution in [-0.4, -0.2) is 19.6 Å². The first-order valence-corrected chi connectivity index (χ1v) is 15.3. The van der Waals surface area contributed by atoms with Crippen LogP contribution in [0.5, 0.6) is 5.75 Å². The molecule has 2 heterocycles. The molecule has 0 fully saturated rings. The molecule has 0 radical (unpaired) electrons. The van der Waals surface area contributed by atoms with Gasteiger partial charge in [0.25, 0.3) is 0 Å². The van der Waals surface area contributed by atoms with Gasteiger partial charge in [0.1, 0.15) is 11.6 Å². The Labute approximate surface area is 264 Å². The van der Waals surface area contributed by atoms with E-state index in [-0.39, 0.29) is 11.2 Å². The SMILES string of the molecule is Cn1c(-c2cc(C(C)(C)C)ccc2O)nc2c(-c3cccc(-c4cc(-c5ccc(-c6ccccc6)cc5)ccn4)c3)cccc21. The monoisotopic (exact) mass is 585 g/mol. The smallest absolute Gasteiger partial charge is 0.144 e. The van der Waals surface area contributed by atoms with Gasteiger partial charge in [-0.05, 0) is 75.2 Å². The summed E-state index contributed by atoms with van der Waals surface area (Å²) in [4.78, 5) is 9.86. The van der Waals surface area contributed by atoms with Gasteiger partial charge in [-0.2, -0.15) is 0 Å². The minimum atomic E-state index is -0.0460. The van der Waals surface area contributed by atoms with Crippen LogP contribution >= 0.6 is 0 Å². The lowest BCUT2D eigenvalue weighted by atomic mass is 9.86. The Kier molecular flexibility index (Phi) is 7.06. The largest absolute Gasteiger partial charge is 0.507 e. The highest BCUT2D eigenvalue weighted by atomic mass is 16.3. The first-order chi connectivity index (χ1) is 21.8. The molecule has 5 aromatic carbocycles. The van der Waals surface area contributed by atoms with Gasteiger partial charge in [0, 0.05) is 24.4 Å². The molecule has 1 N–H and O–H groups in total. The second kappa shape index (κ2) is 11.2.